The zero-order chi connectivity index (χ0) is 25.0. The molecule has 4 rings (SSSR count). The topological polar surface area (TPSA) is 93.1 Å². The summed E-state index contributed by atoms with van der Waals surface area (Å²) >= 11 is 0. The lowest BCUT2D eigenvalue weighted by molar-refractivity contribution is -0.139. The van der Waals surface area contributed by atoms with Gasteiger partial charge in [-0.15, -0.1) is 0 Å². The molecule has 0 atom stereocenters. The molecule has 1 N–H and O–H groups in total. The number of carbonyl (C=O) groups is 3. The van der Waals surface area contributed by atoms with E-state index in [2.05, 4.69) is 32.6 Å². The maximum atomic E-state index is 13.5. The van der Waals surface area contributed by atoms with Crippen LogP contribution in [0, 0.1) is 10.8 Å². The van der Waals surface area contributed by atoms with Crippen molar-refractivity contribution in [3.63, 3.8) is 0 Å². The monoisotopic (exact) mass is 467 g/mol. The average molecular weight is 468 g/mol. The number of ketones is 2. The summed E-state index contributed by atoms with van der Waals surface area (Å²) in [5, 5.41) is 8.97. The van der Waals surface area contributed by atoms with Crippen molar-refractivity contribution in [3.05, 3.63) is 46.3 Å². The van der Waals surface area contributed by atoms with Crippen molar-refractivity contribution in [2.75, 3.05) is 20.8 Å². The maximum Gasteiger partial charge on any atom is 0.341 e. The van der Waals surface area contributed by atoms with Gasteiger partial charge in [-0.05, 0) is 41.4 Å². The van der Waals surface area contributed by atoms with Crippen LogP contribution in [0.3, 0.4) is 0 Å². The number of ether oxygens (including phenoxy) is 2. The average Bonchev–Trinajstić information content (AvgIpc) is 2.72. The second kappa shape index (κ2) is 8.29. The Balaban J connectivity index is 1.90. The van der Waals surface area contributed by atoms with Crippen LogP contribution in [0.15, 0.2) is 40.7 Å². The Morgan fingerprint density at radius 2 is 1.50 bits per heavy atom. The molecule has 7 heteroatoms. The van der Waals surface area contributed by atoms with E-state index >= 15 is 0 Å². The van der Waals surface area contributed by atoms with Crippen molar-refractivity contribution in [1.29, 1.82) is 0 Å². The Morgan fingerprint density at radius 3 is 1.97 bits per heavy atom. The first-order valence-electron chi connectivity index (χ1n) is 11.6. The largest absolute Gasteiger partial charge is 0.493 e. The van der Waals surface area contributed by atoms with Crippen molar-refractivity contribution in [2.45, 2.75) is 59.3 Å². The molecule has 1 heterocycles. The second-order valence-corrected chi connectivity index (χ2v) is 11.2. The van der Waals surface area contributed by atoms with E-state index in [1.807, 2.05) is 13.1 Å². The van der Waals surface area contributed by atoms with Gasteiger partial charge in [-0.25, -0.2) is 4.79 Å². The molecule has 0 bridgehead atoms. The quantitative estimate of drug-likeness (QED) is 0.683. The molecule has 34 heavy (non-hydrogen) atoms. The first-order chi connectivity index (χ1) is 15.8. The molecule has 0 radical (unpaired) electrons. The molecule has 0 fully saturated rings. The number of methoxy groups -OCH3 is 1. The van der Waals surface area contributed by atoms with Crippen molar-refractivity contribution in [3.8, 4) is 11.5 Å². The van der Waals surface area contributed by atoms with Crippen molar-refractivity contribution in [2.24, 2.45) is 10.8 Å². The zero-order valence-corrected chi connectivity index (χ0v) is 20.8. The number of benzene rings is 1. The SMILES string of the molecule is COc1cc(C2C3=C(CC(C)(C)CC3=O)N(C)C3=C2C(=O)CC(C)(C)C3)ccc1OCC(=O)O. The highest BCUT2D eigenvalue weighted by Gasteiger charge is 2.48. The zero-order valence-electron chi connectivity index (χ0n) is 20.8. The highest BCUT2D eigenvalue weighted by atomic mass is 16.5. The van der Waals surface area contributed by atoms with Crippen LogP contribution in [0.25, 0.3) is 0 Å². The highest BCUT2D eigenvalue weighted by Crippen LogP contribution is 2.54. The van der Waals surface area contributed by atoms with Crippen molar-refractivity contribution < 1.29 is 29.0 Å². The number of Topliss-reactive ketones (excluding diaryl/α,β-unsaturated/α-hetero) is 2. The lowest BCUT2D eigenvalue weighted by Crippen LogP contribution is -2.43. The minimum absolute atomic E-state index is 0.0671. The van der Waals surface area contributed by atoms with Gasteiger partial charge in [0.2, 0.25) is 0 Å². The van der Waals surface area contributed by atoms with E-state index in [4.69, 9.17) is 14.6 Å². The van der Waals surface area contributed by atoms with Crippen LogP contribution in [0.1, 0.15) is 64.9 Å². The summed E-state index contributed by atoms with van der Waals surface area (Å²) in [6.45, 7) is 7.93. The van der Waals surface area contributed by atoms with Crippen LogP contribution in [0.4, 0.5) is 0 Å². The van der Waals surface area contributed by atoms with Crippen LogP contribution in [-0.4, -0.2) is 48.3 Å². The summed E-state index contributed by atoms with van der Waals surface area (Å²) in [5.74, 6) is -0.756. The van der Waals surface area contributed by atoms with E-state index in [1.165, 1.54) is 7.11 Å². The fourth-order valence-electron chi connectivity index (χ4n) is 5.62. The fourth-order valence-corrected chi connectivity index (χ4v) is 5.62. The van der Waals surface area contributed by atoms with Crippen molar-refractivity contribution in [1.82, 2.24) is 4.90 Å². The number of allylic oxidation sites excluding steroid dienone is 4. The Kier molecular flexibility index (Phi) is 5.86. The normalized spacial score (nSPS) is 21.9. The van der Waals surface area contributed by atoms with E-state index in [9.17, 15) is 14.4 Å². The molecule has 1 aromatic carbocycles. The number of rotatable bonds is 5. The van der Waals surface area contributed by atoms with Crippen molar-refractivity contribution >= 4 is 17.5 Å². The molecule has 3 aliphatic rings. The first-order valence-corrected chi connectivity index (χ1v) is 11.6. The van der Waals surface area contributed by atoms with E-state index < -0.39 is 18.5 Å². The van der Waals surface area contributed by atoms with E-state index in [-0.39, 0.29) is 22.4 Å². The predicted molar refractivity (Wildman–Crippen MR) is 127 cm³/mol. The number of carboxylic acids is 1. The predicted octanol–water partition coefficient (Wildman–Crippen LogP) is 4.47. The molecule has 1 aliphatic heterocycles. The van der Waals surface area contributed by atoms with Crippen LogP contribution >= 0.6 is 0 Å². The molecule has 182 valence electrons. The van der Waals surface area contributed by atoms with Gasteiger partial charge in [0, 0.05) is 48.3 Å². The number of hydrogen-bond donors (Lipinski definition) is 1. The highest BCUT2D eigenvalue weighted by molar-refractivity contribution is 6.06. The summed E-state index contributed by atoms with van der Waals surface area (Å²) < 4.78 is 10.9. The summed E-state index contributed by atoms with van der Waals surface area (Å²) in [7, 11) is 3.47. The Hall–Kier alpha value is -3.09. The molecular weight excluding hydrogens is 434 g/mol. The molecule has 0 unspecified atom stereocenters. The van der Waals surface area contributed by atoms with Crippen LogP contribution in [0.5, 0.6) is 11.5 Å². The van der Waals surface area contributed by atoms with Gasteiger partial charge in [-0.3, -0.25) is 9.59 Å². The molecule has 0 saturated heterocycles. The van der Waals surface area contributed by atoms with Gasteiger partial charge in [-0.2, -0.15) is 0 Å². The van der Waals surface area contributed by atoms with Gasteiger partial charge < -0.3 is 19.5 Å². The minimum Gasteiger partial charge on any atom is -0.493 e. The summed E-state index contributed by atoms with van der Waals surface area (Å²) in [4.78, 5) is 40.1. The number of hydrogen-bond acceptors (Lipinski definition) is 6. The van der Waals surface area contributed by atoms with E-state index in [1.54, 1.807) is 12.1 Å². The molecule has 0 aromatic heterocycles. The Labute approximate surface area is 200 Å². The Morgan fingerprint density at radius 1 is 0.971 bits per heavy atom. The van der Waals surface area contributed by atoms with Gasteiger partial charge in [-0.1, -0.05) is 33.8 Å². The van der Waals surface area contributed by atoms with E-state index in [0.717, 1.165) is 29.8 Å². The van der Waals surface area contributed by atoms with E-state index in [0.29, 0.717) is 35.5 Å². The standard InChI is InChI=1S/C27H33NO6/c1-26(2)10-16-24(18(29)12-26)23(25-17(28(16)5)11-27(3,4)13-19(25)30)15-7-8-20(21(9-15)33-6)34-14-22(31)32/h7-9,23H,10-14H2,1-6H3,(H,31,32). The van der Waals surface area contributed by atoms with Crippen LogP contribution in [0.2, 0.25) is 0 Å². The lowest BCUT2D eigenvalue weighted by atomic mass is 9.64. The number of carbonyl (C=O) groups excluding carboxylic acids is 2. The van der Waals surface area contributed by atoms with Gasteiger partial charge in [0.15, 0.2) is 29.7 Å². The van der Waals surface area contributed by atoms with Gasteiger partial charge >= 0.3 is 5.97 Å². The van der Waals surface area contributed by atoms with Gasteiger partial charge in [0.25, 0.3) is 0 Å². The van der Waals surface area contributed by atoms with Gasteiger partial charge in [0.1, 0.15) is 0 Å². The third kappa shape index (κ3) is 4.24. The third-order valence-electron chi connectivity index (χ3n) is 7.05. The number of nitrogens with zero attached hydrogens (tertiary/aromatic N) is 1. The Bertz CT molecular complexity index is 1090. The maximum absolute atomic E-state index is 13.5. The van der Waals surface area contributed by atoms with Crippen LogP contribution < -0.4 is 9.47 Å². The third-order valence-corrected chi connectivity index (χ3v) is 7.05. The van der Waals surface area contributed by atoms with Crippen LogP contribution in [-0.2, 0) is 14.4 Å². The molecule has 0 spiro atoms. The van der Waals surface area contributed by atoms with Gasteiger partial charge in [0.05, 0.1) is 7.11 Å². The fraction of sp³-hybridized carbons (Fsp3) is 0.519. The minimum atomic E-state index is -1.09. The number of aliphatic carboxylic acids is 1. The smallest absolute Gasteiger partial charge is 0.341 e. The second-order valence-electron chi connectivity index (χ2n) is 11.2. The summed E-state index contributed by atoms with van der Waals surface area (Å²) in [5.41, 5.74) is 3.81. The lowest BCUT2D eigenvalue weighted by Gasteiger charge is -2.47. The molecule has 2 aliphatic carbocycles. The molecule has 1 aromatic rings. The molecule has 0 saturated carbocycles. The number of carboxylic acid groups (broad SMARTS) is 1. The molecule has 7 nitrogen and oxygen atoms in total. The summed E-state index contributed by atoms with van der Waals surface area (Å²) in [6, 6.07) is 5.23. The summed E-state index contributed by atoms with van der Waals surface area (Å²) in [6.07, 6.45) is 2.36. The molecule has 0 amide bonds. The first kappa shape index (κ1) is 24.0. The molecular formula is C27H33NO6.